The summed E-state index contributed by atoms with van der Waals surface area (Å²) in [6.45, 7) is 26.2. The maximum Gasteiger partial charge on any atom is 0.337 e. The SMILES string of the molecule is C=C(C)[C@@H]1CC[C@]2(NCCN3C[C@@H]4CC3CN4Cc3ccccc3)CC[C@]3(C)[C@H](CC[C@@H]4[C@@]5(C)CC=C(c6ccc(C(=O)OC)cc6)C(C)(C)[C@@H]5CC[C@]43C)[C@@H]12. The van der Waals surface area contributed by atoms with Crippen LogP contribution in [0.1, 0.15) is 127 Å². The lowest BCUT2D eigenvalue weighted by Gasteiger charge is -2.72. The van der Waals surface area contributed by atoms with Crippen LogP contribution in [-0.2, 0) is 11.3 Å². The van der Waals surface area contributed by atoms with Crippen LogP contribution in [0.5, 0.6) is 0 Å². The second kappa shape index (κ2) is 13.9. The van der Waals surface area contributed by atoms with Crippen molar-refractivity contribution in [3.8, 4) is 0 Å². The molecule has 6 fully saturated rings. The van der Waals surface area contributed by atoms with Gasteiger partial charge in [0, 0.05) is 50.3 Å². The molecule has 5 heteroatoms. The van der Waals surface area contributed by atoms with Crippen LogP contribution >= 0.6 is 0 Å². The molecule has 9 rings (SSSR count). The summed E-state index contributed by atoms with van der Waals surface area (Å²) in [5.41, 5.74) is 7.52. The van der Waals surface area contributed by atoms with E-state index < -0.39 is 0 Å². The van der Waals surface area contributed by atoms with Crippen LogP contribution in [-0.4, -0.2) is 66.7 Å². The Morgan fingerprint density at radius 2 is 1.57 bits per heavy atom. The molecule has 0 radical (unpaired) electrons. The molecule has 2 aromatic carbocycles. The number of hydrogen-bond donors (Lipinski definition) is 1. The Balaban J connectivity index is 0.916. The van der Waals surface area contributed by atoms with Gasteiger partial charge in [-0.3, -0.25) is 9.80 Å². The number of ether oxygens (including phenoxy) is 1. The molecule has 0 aromatic heterocycles. The van der Waals surface area contributed by atoms with Crippen molar-refractivity contribution in [1.29, 1.82) is 0 Å². The molecule has 5 aliphatic carbocycles. The molecule has 302 valence electrons. The number of nitrogens with one attached hydrogen (secondary N) is 1. The number of methoxy groups -OCH3 is 1. The molecular formula is C51H71N3O2. The third-order valence-electron chi connectivity index (χ3n) is 18.8. The first-order valence-electron chi connectivity index (χ1n) is 22.6. The van der Waals surface area contributed by atoms with E-state index in [0.29, 0.717) is 40.2 Å². The first-order chi connectivity index (χ1) is 26.7. The molecule has 56 heavy (non-hydrogen) atoms. The fraction of sp³-hybridized carbons (Fsp3) is 0.667. The largest absolute Gasteiger partial charge is 0.465 e. The van der Waals surface area contributed by atoms with E-state index in [9.17, 15) is 4.79 Å². The number of piperazine rings is 1. The highest BCUT2D eigenvalue weighted by atomic mass is 16.5. The maximum absolute atomic E-state index is 12.2. The van der Waals surface area contributed by atoms with E-state index in [0.717, 1.165) is 37.4 Å². The highest BCUT2D eigenvalue weighted by Crippen LogP contribution is 2.76. The van der Waals surface area contributed by atoms with Crippen molar-refractivity contribution < 1.29 is 9.53 Å². The van der Waals surface area contributed by atoms with E-state index in [2.05, 4.69) is 112 Å². The van der Waals surface area contributed by atoms with Gasteiger partial charge in [-0.25, -0.2) is 4.79 Å². The minimum atomic E-state index is -0.264. The lowest BCUT2D eigenvalue weighted by Crippen LogP contribution is -2.68. The van der Waals surface area contributed by atoms with Gasteiger partial charge >= 0.3 is 5.97 Å². The second-order valence-electron chi connectivity index (χ2n) is 21.3. The molecule has 0 amide bonds. The summed E-state index contributed by atoms with van der Waals surface area (Å²) < 4.78 is 5.00. The van der Waals surface area contributed by atoms with Gasteiger partial charge in [-0.1, -0.05) is 95.3 Å². The zero-order valence-corrected chi connectivity index (χ0v) is 35.8. The fourth-order valence-corrected chi connectivity index (χ4v) is 16.0. The van der Waals surface area contributed by atoms with Gasteiger partial charge in [0.1, 0.15) is 0 Å². The number of carbonyl (C=O) groups is 1. The Kier molecular flexibility index (Phi) is 9.65. The van der Waals surface area contributed by atoms with Crippen LogP contribution in [0.4, 0.5) is 0 Å². The Morgan fingerprint density at radius 1 is 0.839 bits per heavy atom. The third kappa shape index (κ3) is 5.81. The molecular weight excluding hydrogens is 687 g/mol. The minimum absolute atomic E-state index is 0.0655. The van der Waals surface area contributed by atoms with Gasteiger partial charge in [0.05, 0.1) is 12.7 Å². The number of carbonyl (C=O) groups excluding carboxylic acids is 1. The normalized spacial score (nSPS) is 41.3. The average molecular weight is 758 g/mol. The second-order valence-corrected chi connectivity index (χ2v) is 21.3. The summed E-state index contributed by atoms with van der Waals surface area (Å²) in [4.78, 5) is 17.8. The molecule has 7 aliphatic rings. The molecule has 2 heterocycles. The minimum Gasteiger partial charge on any atom is -0.465 e. The molecule has 2 aromatic rings. The van der Waals surface area contributed by atoms with Crippen molar-refractivity contribution >= 4 is 11.5 Å². The quantitative estimate of drug-likeness (QED) is 0.204. The van der Waals surface area contributed by atoms with E-state index >= 15 is 0 Å². The molecule has 2 bridgehead atoms. The van der Waals surface area contributed by atoms with E-state index in [1.54, 1.807) is 0 Å². The van der Waals surface area contributed by atoms with Crippen molar-refractivity contribution in [3.05, 3.63) is 89.5 Å². The van der Waals surface area contributed by atoms with Crippen molar-refractivity contribution in [2.24, 2.45) is 51.2 Å². The average Bonchev–Trinajstić information content (AvgIpc) is 3.88. The maximum atomic E-state index is 12.2. The summed E-state index contributed by atoms with van der Waals surface area (Å²) >= 11 is 0. The van der Waals surface area contributed by atoms with Crippen molar-refractivity contribution in [1.82, 2.24) is 15.1 Å². The predicted molar refractivity (Wildman–Crippen MR) is 229 cm³/mol. The lowest BCUT2D eigenvalue weighted by molar-refractivity contribution is -0.219. The monoisotopic (exact) mass is 758 g/mol. The molecule has 0 spiro atoms. The van der Waals surface area contributed by atoms with Crippen LogP contribution in [0.25, 0.3) is 5.57 Å². The van der Waals surface area contributed by atoms with E-state index in [1.807, 2.05) is 12.1 Å². The number of nitrogens with zero attached hydrogens (tertiary/aromatic N) is 2. The predicted octanol–water partition coefficient (Wildman–Crippen LogP) is 10.4. The third-order valence-corrected chi connectivity index (χ3v) is 18.8. The number of esters is 1. The van der Waals surface area contributed by atoms with Crippen LogP contribution < -0.4 is 5.32 Å². The summed E-state index contributed by atoms with van der Waals surface area (Å²) in [6, 6.07) is 20.7. The summed E-state index contributed by atoms with van der Waals surface area (Å²) in [6.07, 6.45) is 15.8. The topological polar surface area (TPSA) is 44.8 Å². The van der Waals surface area contributed by atoms with Gasteiger partial charge in [-0.2, -0.15) is 0 Å². The van der Waals surface area contributed by atoms with Gasteiger partial charge in [0.25, 0.3) is 0 Å². The molecule has 11 atom stereocenters. The van der Waals surface area contributed by atoms with Gasteiger partial charge in [-0.15, -0.1) is 0 Å². The summed E-state index contributed by atoms with van der Waals surface area (Å²) in [5, 5.41) is 4.42. The molecule has 1 N–H and O–H groups in total. The van der Waals surface area contributed by atoms with E-state index in [1.165, 1.54) is 107 Å². The Hall–Kier alpha value is -2.73. The lowest BCUT2D eigenvalue weighted by atomic mass is 9.33. The number of allylic oxidation sites excluding steroid dienone is 3. The molecule has 2 saturated heterocycles. The number of hydrogen-bond acceptors (Lipinski definition) is 5. The van der Waals surface area contributed by atoms with Crippen LogP contribution in [0.15, 0.2) is 72.8 Å². The van der Waals surface area contributed by atoms with Crippen LogP contribution in [0.3, 0.4) is 0 Å². The molecule has 1 unspecified atom stereocenters. The standard InChI is InChI=1S/C51H71N3O2/c1-34(2)40-20-25-51(52-28-29-53-32-39-30-38(53)33-54(39)31-35-12-10-9-11-13-35)27-26-49(6)42(45(40)51)18-19-44-48(5)23-21-41(36-14-16-37(17-15-36)46(55)56-8)47(3,4)43(48)22-24-50(44,49)7/h9-17,21,38-40,42-45,52H,1,18-20,22-33H2,2-8H3/t38?,39-,40-,42+,43-,44+,45+,48-,49+,50+,51-/m0/s1. The highest BCUT2D eigenvalue weighted by molar-refractivity contribution is 5.90. The van der Waals surface area contributed by atoms with Crippen molar-refractivity contribution in [2.45, 2.75) is 130 Å². The Labute approximate surface area is 339 Å². The number of rotatable bonds is 9. The Morgan fingerprint density at radius 3 is 2.27 bits per heavy atom. The van der Waals surface area contributed by atoms with E-state index in [-0.39, 0.29) is 22.3 Å². The zero-order valence-electron chi connectivity index (χ0n) is 35.8. The van der Waals surface area contributed by atoms with Gasteiger partial charge in [0.15, 0.2) is 0 Å². The molecule has 5 nitrogen and oxygen atoms in total. The van der Waals surface area contributed by atoms with Crippen LogP contribution in [0.2, 0.25) is 0 Å². The first kappa shape index (κ1) is 38.8. The van der Waals surface area contributed by atoms with Crippen molar-refractivity contribution in [3.63, 3.8) is 0 Å². The number of fused-ring (bicyclic) bond motifs is 9. The zero-order chi connectivity index (χ0) is 39.3. The highest BCUT2D eigenvalue weighted by Gasteiger charge is 2.70. The van der Waals surface area contributed by atoms with Gasteiger partial charge in [-0.05, 0) is 151 Å². The van der Waals surface area contributed by atoms with Gasteiger partial charge < -0.3 is 10.1 Å². The smallest absolute Gasteiger partial charge is 0.337 e. The molecule has 4 saturated carbocycles. The van der Waals surface area contributed by atoms with Crippen molar-refractivity contribution in [2.75, 3.05) is 33.3 Å². The summed E-state index contributed by atoms with van der Waals surface area (Å²) in [5.74, 6) is 3.18. The molecule has 2 aliphatic heterocycles. The van der Waals surface area contributed by atoms with Gasteiger partial charge in [0.2, 0.25) is 0 Å². The first-order valence-corrected chi connectivity index (χ1v) is 22.6. The Bertz CT molecular complexity index is 1850. The number of benzene rings is 2. The summed E-state index contributed by atoms with van der Waals surface area (Å²) in [7, 11) is 1.46. The van der Waals surface area contributed by atoms with E-state index in [4.69, 9.17) is 4.74 Å². The van der Waals surface area contributed by atoms with Crippen LogP contribution in [0, 0.1) is 51.2 Å². The fourth-order valence-electron chi connectivity index (χ4n) is 16.0. The number of likely N-dealkylation sites (tertiary alicyclic amines) is 2.